The Morgan fingerprint density at radius 2 is 2.05 bits per heavy atom. The molecule has 0 aliphatic heterocycles. The lowest BCUT2D eigenvalue weighted by Gasteiger charge is -2.08. The molecule has 1 aromatic carbocycles. The van der Waals surface area contributed by atoms with E-state index >= 15 is 0 Å². The minimum Gasteiger partial charge on any atom is -0.479 e. The Kier molecular flexibility index (Phi) is 3.47. The minimum atomic E-state index is -4.47. The number of aliphatic hydroxyl groups excluding tert-OH is 1. The number of hydrogen-bond donors (Lipinski definition) is 2. The van der Waals surface area contributed by atoms with Crippen molar-refractivity contribution in [3.05, 3.63) is 35.5 Å². The Balaban J connectivity index is 2.68. The molecule has 2 N–H and O–H groups in total. The molecule has 0 saturated carbocycles. The van der Waals surface area contributed by atoms with Crippen LogP contribution in [0.1, 0.15) is 24.2 Å². The fraction of sp³-hybridized carbons (Fsp3) is 0.308. The molecule has 7 heteroatoms. The van der Waals surface area contributed by atoms with Crippen molar-refractivity contribution < 1.29 is 28.2 Å². The lowest BCUT2D eigenvalue weighted by Crippen LogP contribution is -2.10. The number of rotatable bonds is 3. The third-order valence-electron chi connectivity index (χ3n) is 3.11. The second kappa shape index (κ2) is 4.82. The van der Waals surface area contributed by atoms with E-state index in [9.17, 15) is 23.1 Å². The fourth-order valence-electron chi connectivity index (χ4n) is 2.11. The van der Waals surface area contributed by atoms with E-state index in [2.05, 4.69) is 0 Å². The molecule has 0 saturated heterocycles. The number of alkyl halides is 3. The van der Waals surface area contributed by atoms with Crippen LogP contribution in [-0.2, 0) is 17.5 Å². The van der Waals surface area contributed by atoms with Crippen LogP contribution in [0.5, 0.6) is 0 Å². The molecule has 0 fully saturated rings. The summed E-state index contributed by atoms with van der Waals surface area (Å²) >= 11 is 0. The van der Waals surface area contributed by atoms with Crippen molar-refractivity contribution in [3.8, 4) is 0 Å². The van der Waals surface area contributed by atoms with Gasteiger partial charge in [-0.05, 0) is 19.1 Å². The molecule has 0 spiro atoms. The number of aliphatic hydroxyl groups is 1. The van der Waals surface area contributed by atoms with Crippen LogP contribution in [0.3, 0.4) is 0 Å². The van der Waals surface area contributed by atoms with Crippen LogP contribution in [0.2, 0.25) is 0 Å². The maximum absolute atomic E-state index is 12.7. The molecule has 1 unspecified atom stereocenters. The zero-order valence-corrected chi connectivity index (χ0v) is 10.5. The van der Waals surface area contributed by atoms with E-state index in [4.69, 9.17) is 5.11 Å². The van der Waals surface area contributed by atoms with Gasteiger partial charge >= 0.3 is 12.1 Å². The first kappa shape index (κ1) is 14.4. The van der Waals surface area contributed by atoms with E-state index in [-0.39, 0.29) is 11.1 Å². The number of aryl methyl sites for hydroxylation is 1. The summed E-state index contributed by atoms with van der Waals surface area (Å²) < 4.78 is 39.6. The van der Waals surface area contributed by atoms with Crippen LogP contribution < -0.4 is 0 Å². The zero-order valence-electron chi connectivity index (χ0n) is 10.5. The average molecular weight is 287 g/mol. The standard InChI is InChI=1S/C13H12F3NO3/c1-2-17-6-9(11(18)12(19)20)8-4-3-7(5-10(8)17)13(14,15)16/h3-6,11,18H,2H2,1H3,(H,19,20). The summed E-state index contributed by atoms with van der Waals surface area (Å²) in [6, 6.07) is 3.02. The van der Waals surface area contributed by atoms with Gasteiger partial charge in [0.15, 0.2) is 6.10 Å². The Hall–Kier alpha value is -2.02. The highest BCUT2D eigenvalue weighted by Crippen LogP contribution is 2.34. The molecule has 1 heterocycles. The Morgan fingerprint density at radius 3 is 2.55 bits per heavy atom. The summed E-state index contributed by atoms with van der Waals surface area (Å²) in [6.45, 7) is 2.08. The highest BCUT2D eigenvalue weighted by molar-refractivity contribution is 5.89. The molecule has 0 aliphatic carbocycles. The SMILES string of the molecule is CCn1cc(C(O)C(=O)O)c2ccc(C(F)(F)F)cc21. The molecule has 0 aliphatic rings. The van der Waals surface area contributed by atoms with Gasteiger partial charge in [-0.15, -0.1) is 0 Å². The van der Waals surface area contributed by atoms with Crippen LogP contribution >= 0.6 is 0 Å². The highest BCUT2D eigenvalue weighted by Gasteiger charge is 2.31. The van der Waals surface area contributed by atoms with Gasteiger partial charge < -0.3 is 14.8 Å². The van der Waals surface area contributed by atoms with Gasteiger partial charge in [0.1, 0.15) is 0 Å². The molecule has 2 rings (SSSR count). The Labute approximate surface area is 112 Å². The largest absolute Gasteiger partial charge is 0.479 e. The van der Waals surface area contributed by atoms with Gasteiger partial charge in [-0.25, -0.2) is 4.79 Å². The van der Waals surface area contributed by atoms with Crippen molar-refractivity contribution in [1.82, 2.24) is 4.57 Å². The Bertz CT molecular complexity index is 661. The maximum Gasteiger partial charge on any atom is 0.416 e. The molecule has 108 valence electrons. The quantitative estimate of drug-likeness (QED) is 0.912. The second-order valence-corrected chi connectivity index (χ2v) is 4.34. The second-order valence-electron chi connectivity index (χ2n) is 4.34. The summed E-state index contributed by atoms with van der Waals surface area (Å²) in [5.74, 6) is -1.44. The molecule has 20 heavy (non-hydrogen) atoms. The number of nitrogens with zero attached hydrogens (tertiary/aromatic N) is 1. The van der Waals surface area contributed by atoms with Gasteiger partial charge in [0.25, 0.3) is 0 Å². The summed E-state index contributed by atoms with van der Waals surface area (Å²) in [4.78, 5) is 10.8. The smallest absolute Gasteiger partial charge is 0.416 e. The molecule has 2 aromatic rings. The zero-order chi connectivity index (χ0) is 15.1. The van der Waals surface area contributed by atoms with Gasteiger partial charge in [0, 0.05) is 29.2 Å². The highest BCUT2D eigenvalue weighted by atomic mass is 19.4. The average Bonchev–Trinajstić information content (AvgIpc) is 2.74. The molecule has 0 amide bonds. The van der Waals surface area contributed by atoms with Crippen molar-refractivity contribution in [3.63, 3.8) is 0 Å². The summed E-state index contributed by atoms with van der Waals surface area (Å²) in [6.07, 6.45) is -4.87. The van der Waals surface area contributed by atoms with Gasteiger partial charge in [-0.2, -0.15) is 13.2 Å². The van der Waals surface area contributed by atoms with Gasteiger partial charge in [0.2, 0.25) is 0 Å². The maximum atomic E-state index is 12.7. The van der Waals surface area contributed by atoms with Crippen LogP contribution in [0.15, 0.2) is 24.4 Å². The first-order valence-corrected chi connectivity index (χ1v) is 5.86. The number of carboxylic acid groups (broad SMARTS) is 1. The third-order valence-corrected chi connectivity index (χ3v) is 3.11. The topological polar surface area (TPSA) is 62.5 Å². The van der Waals surface area contributed by atoms with Crippen molar-refractivity contribution in [2.75, 3.05) is 0 Å². The number of hydrogen-bond acceptors (Lipinski definition) is 2. The van der Waals surface area contributed by atoms with E-state index in [0.717, 1.165) is 12.1 Å². The van der Waals surface area contributed by atoms with E-state index in [0.29, 0.717) is 11.9 Å². The number of fused-ring (bicyclic) bond motifs is 1. The van der Waals surface area contributed by atoms with Crippen molar-refractivity contribution >= 4 is 16.9 Å². The van der Waals surface area contributed by atoms with Crippen molar-refractivity contribution in [2.24, 2.45) is 0 Å². The van der Waals surface area contributed by atoms with Crippen LogP contribution in [0, 0.1) is 0 Å². The van der Waals surface area contributed by atoms with Gasteiger partial charge in [-0.1, -0.05) is 6.07 Å². The van der Waals surface area contributed by atoms with Crippen LogP contribution in [-0.4, -0.2) is 20.7 Å². The van der Waals surface area contributed by atoms with Crippen molar-refractivity contribution in [1.29, 1.82) is 0 Å². The predicted octanol–water partition coefficient (Wildman–Crippen LogP) is 2.80. The number of halogens is 3. The van der Waals surface area contributed by atoms with E-state index in [1.54, 1.807) is 6.92 Å². The molecule has 0 bridgehead atoms. The van der Waals surface area contributed by atoms with E-state index in [1.807, 2.05) is 0 Å². The number of aromatic nitrogens is 1. The van der Waals surface area contributed by atoms with Crippen molar-refractivity contribution in [2.45, 2.75) is 25.7 Å². The monoisotopic (exact) mass is 287 g/mol. The number of benzene rings is 1. The molecular weight excluding hydrogens is 275 g/mol. The molecule has 0 radical (unpaired) electrons. The van der Waals surface area contributed by atoms with Gasteiger partial charge in [0.05, 0.1) is 5.56 Å². The van der Waals surface area contributed by atoms with Crippen LogP contribution in [0.4, 0.5) is 13.2 Å². The van der Waals surface area contributed by atoms with E-state index in [1.165, 1.54) is 16.8 Å². The third kappa shape index (κ3) is 2.36. The normalized spacial score (nSPS) is 13.7. The lowest BCUT2D eigenvalue weighted by molar-refractivity contribution is -0.147. The predicted molar refractivity (Wildman–Crippen MR) is 65.2 cm³/mol. The van der Waals surface area contributed by atoms with Gasteiger partial charge in [-0.3, -0.25) is 0 Å². The molecule has 4 nitrogen and oxygen atoms in total. The number of carboxylic acids is 1. The number of aliphatic carboxylic acids is 1. The first-order valence-electron chi connectivity index (χ1n) is 5.86. The van der Waals surface area contributed by atoms with Crippen LogP contribution in [0.25, 0.3) is 10.9 Å². The molecular formula is C13H12F3NO3. The lowest BCUT2D eigenvalue weighted by atomic mass is 10.1. The van der Waals surface area contributed by atoms with E-state index < -0.39 is 23.8 Å². The summed E-state index contributed by atoms with van der Waals surface area (Å²) in [5, 5.41) is 18.7. The molecule has 1 atom stereocenters. The Morgan fingerprint density at radius 1 is 1.40 bits per heavy atom. The minimum absolute atomic E-state index is 0.0862. The molecule has 1 aromatic heterocycles. The number of carbonyl (C=O) groups is 1. The fourth-order valence-corrected chi connectivity index (χ4v) is 2.11. The summed E-state index contributed by atoms with van der Waals surface area (Å²) in [7, 11) is 0. The summed E-state index contributed by atoms with van der Waals surface area (Å²) in [5.41, 5.74) is -0.477. The first-order chi connectivity index (χ1) is 9.25.